The van der Waals surface area contributed by atoms with Gasteiger partial charge in [-0.05, 0) is 110 Å². The number of unbranched alkanes of at least 4 members (excludes halogenated alkanes) is 23. The molecule has 2 radical (unpaired) electrons. The SMILES string of the molecule is [B]CCCCCCCCN(C)C1C[C@@H]2OC(CCCCCCCC/C=C\C/C=C\CCCCC)(CCCCCCCC/C=C\C/C=C\CCCCC)O[C@@H]2C1. The van der Waals surface area contributed by atoms with Crippen LogP contribution in [0.5, 0.6) is 0 Å². The summed E-state index contributed by atoms with van der Waals surface area (Å²) in [6, 6.07) is 0.606. The molecule has 2 fully saturated rings. The van der Waals surface area contributed by atoms with E-state index in [-0.39, 0.29) is 18.0 Å². The number of hydrogen-bond donors (Lipinski definition) is 0. The van der Waals surface area contributed by atoms with Crippen LogP contribution in [0.25, 0.3) is 0 Å². The first-order valence-electron chi connectivity index (χ1n) is 24.5. The van der Waals surface area contributed by atoms with Gasteiger partial charge in [0.05, 0.1) is 20.1 Å². The molecule has 0 amide bonds. The van der Waals surface area contributed by atoms with Crippen LogP contribution in [0.2, 0.25) is 6.32 Å². The van der Waals surface area contributed by atoms with E-state index in [1.54, 1.807) is 0 Å². The predicted octanol–water partition coefficient (Wildman–Crippen LogP) is 15.9. The van der Waals surface area contributed by atoms with Crippen molar-refractivity contribution in [1.29, 1.82) is 0 Å². The lowest BCUT2D eigenvalue weighted by Crippen LogP contribution is -2.36. The van der Waals surface area contributed by atoms with E-state index in [1.807, 2.05) is 0 Å². The van der Waals surface area contributed by atoms with Crippen molar-refractivity contribution in [2.75, 3.05) is 13.6 Å². The molecule has 3 nitrogen and oxygen atoms in total. The first kappa shape index (κ1) is 50.0. The highest BCUT2D eigenvalue weighted by molar-refractivity contribution is 6.08. The Bertz CT molecular complexity index is 894. The van der Waals surface area contributed by atoms with Gasteiger partial charge in [0.15, 0.2) is 5.79 Å². The minimum absolute atomic E-state index is 0.290. The van der Waals surface area contributed by atoms with Crippen LogP contribution in [-0.2, 0) is 9.47 Å². The fourth-order valence-electron chi connectivity index (χ4n) is 8.64. The Labute approximate surface area is 345 Å². The maximum atomic E-state index is 7.00. The second kappa shape index (κ2) is 36.0. The number of fused-ring (bicyclic) bond motifs is 1. The first-order chi connectivity index (χ1) is 27.1. The first-order valence-corrected chi connectivity index (χ1v) is 24.5. The average Bonchev–Trinajstić information content (AvgIpc) is 3.74. The van der Waals surface area contributed by atoms with Gasteiger partial charge in [-0.25, -0.2) is 0 Å². The molecule has 1 aliphatic carbocycles. The highest BCUT2D eigenvalue weighted by atomic mass is 16.8. The van der Waals surface area contributed by atoms with Crippen LogP contribution in [0, 0.1) is 0 Å². The minimum Gasteiger partial charge on any atom is -0.344 e. The summed E-state index contributed by atoms with van der Waals surface area (Å²) in [6.45, 7) is 5.75. The Morgan fingerprint density at radius 3 is 1.25 bits per heavy atom. The molecule has 0 aromatic heterocycles. The predicted molar refractivity (Wildman–Crippen MR) is 244 cm³/mol. The van der Waals surface area contributed by atoms with Gasteiger partial charge in [-0.15, -0.1) is 0 Å². The molecule has 55 heavy (non-hydrogen) atoms. The van der Waals surface area contributed by atoms with E-state index >= 15 is 0 Å². The lowest BCUT2D eigenvalue weighted by atomic mass is 9.98. The van der Waals surface area contributed by atoms with Gasteiger partial charge >= 0.3 is 0 Å². The summed E-state index contributed by atoms with van der Waals surface area (Å²) >= 11 is 0. The largest absolute Gasteiger partial charge is 0.344 e. The van der Waals surface area contributed by atoms with Crippen LogP contribution in [0.4, 0.5) is 0 Å². The molecule has 0 spiro atoms. The number of ether oxygens (including phenoxy) is 2. The summed E-state index contributed by atoms with van der Waals surface area (Å²) in [6.07, 6.45) is 63.6. The van der Waals surface area contributed by atoms with Crippen LogP contribution in [0.15, 0.2) is 48.6 Å². The lowest BCUT2D eigenvalue weighted by molar-refractivity contribution is -0.193. The summed E-state index contributed by atoms with van der Waals surface area (Å²) < 4.78 is 14.0. The smallest absolute Gasteiger partial charge is 0.169 e. The third-order valence-corrected chi connectivity index (χ3v) is 12.3. The minimum atomic E-state index is -0.327. The Kier molecular flexibility index (Phi) is 32.8. The summed E-state index contributed by atoms with van der Waals surface area (Å²) in [7, 11) is 7.99. The quantitative estimate of drug-likeness (QED) is 0.0354. The lowest BCUT2D eigenvalue weighted by Gasteiger charge is -2.32. The Hall–Kier alpha value is -1.10. The second-order valence-corrected chi connectivity index (χ2v) is 17.4. The molecule has 1 unspecified atom stereocenters. The molecule has 0 aromatic carbocycles. The van der Waals surface area contributed by atoms with Gasteiger partial charge in [0.1, 0.15) is 0 Å². The maximum Gasteiger partial charge on any atom is 0.169 e. The number of allylic oxidation sites excluding steroid dienone is 8. The van der Waals surface area contributed by atoms with Crippen molar-refractivity contribution in [1.82, 2.24) is 4.90 Å². The standard InChI is InChI=1S/C51H92BNO2/c1-4-6-8-10-12-14-16-18-20-22-24-26-28-30-34-38-42-51(43-39-35-31-29-27-25-23-21-19-17-15-13-11-9-7-5-2)54-49-46-48(47-50(49)55-51)53(3)45-41-37-33-32-36-40-44-52/h12-15,18-21,48-50H,4-11,16-17,22-47H2,1-3H3/b14-12-,15-13-,20-18-,21-19-/t48?,49-,50+. The Morgan fingerprint density at radius 2 is 0.836 bits per heavy atom. The van der Waals surface area contributed by atoms with Crippen LogP contribution >= 0.6 is 0 Å². The van der Waals surface area contributed by atoms with Crippen molar-refractivity contribution in [3.05, 3.63) is 48.6 Å². The maximum absolute atomic E-state index is 7.00. The molecular formula is C51H92BNO2. The molecule has 2 aliphatic rings. The fourth-order valence-corrected chi connectivity index (χ4v) is 8.64. The van der Waals surface area contributed by atoms with Crippen LogP contribution < -0.4 is 0 Å². The Balaban J connectivity index is 1.65. The molecule has 1 saturated carbocycles. The van der Waals surface area contributed by atoms with Crippen molar-refractivity contribution >= 4 is 7.85 Å². The molecule has 1 saturated heterocycles. The highest BCUT2D eigenvalue weighted by Gasteiger charge is 2.51. The van der Waals surface area contributed by atoms with Crippen LogP contribution in [-0.4, -0.2) is 50.4 Å². The van der Waals surface area contributed by atoms with Crippen molar-refractivity contribution in [2.24, 2.45) is 0 Å². The summed E-state index contributed by atoms with van der Waals surface area (Å²) in [4.78, 5) is 2.61. The van der Waals surface area contributed by atoms with Gasteiger partial charge in [-0.3, -0.25) is 0 Å². The number of nitrogens with zero attached hydrogens (tertiary/aromatic N) is 1. The fraction of sp³-hybridized carbons (Fsp3) is 0.843. The zero-order chi connectivity index (χ0) is 39.3. The van der Waals surface area contributed by atoms with Crippen molar-refractivity contribution in [3.63, 3.8) is 0 Å². The van der Waals surface area contributed by atoms with E-state index < -0.39 is 0 Å². The normalized spacial score (nSPS) is 19.8. The molecule has 0 aromatic rings. The van der Waals surface area contributed by atoms with Crippen molar-refractivity contribution < 1.29 is 9.47 Å². The summed E-state index contributed by atoms with van der Waals surface area (Å²) in [5, 5.41) is 0. The zero-order valence-corrected chi connectivity index (χ0v) is 37.1. The molecule has 0 N–H and O–H groups in total. The highest BCUT2D eigenvalue weighted by Crippen LogP contribution is 2.44. The van der Waals surface area contributed by atoms with E-state index in [9.17, 15) is 0 Å². The second-order valence-electron chi connectivity index (χ2n) is 17.4. The molecule has 0 bridgehead atoms. The molecule has 316 valence electrons. The van der Waals surface area contributed by atoms with Gasteiger partial charge in [0, 0.05) is 18.9 Å². The van der Waals surface area contributed by atoms with E-state index in [0.29, 0.717) is 6.04 Å². The summed E-state index contributed by atoms with van der Waals surface area (Å²) in [5.74, 6) is -0.327. The van der Waals surface area contributed by atoms with Crippen LogP contribution in [0.3, 0.4) is 0 Å². The van der Waals surface area contributed by atoms with Crippen molar-refractivity contribution in [3.8, 4) is 0 Å². The average molecular weight is 762 g/mol. The van der Waals surface area contributed by atoms with Gasteiger partial charge in [-0.2, -0.15) is 0 Å². The van der Waals surface area contributed by atoms with Gasteiger partial charge < -0.3 is 14.4 Å². The molecule has 1 aliphatic heterocycles. The summed E-state index contributed by atoms with van der Waals surface area (Å²) in [5.41, 5.74) is 0. The van der Waals surface area contributed by atoms with E-state index in [4.69, 9.17) is 17.3 Å². The van der Waals surface area contributed by atoms with Crippen molar-refractivity contribution in [2.45, 2.75) is 263 Å². The molecule has 4 heteroatoms. The molecular weight excluding hydrogens is 669 g/mol. The Morgan fingerprint density at radius 1 is 0.473 bits per heavy atom. The third kappa shape index (κ3) is 26.5. The zero-order valence-electron chi connectivity index (χ0n) is 37.1. The van der Waals surface area contributed by atoms with E-state index in [1.165, 1.54) is 186 Å². The monoisotopic (exact) mass is 762 g/mol. The molecule has 2 rings (SSSR count). The third-order valence-electron chi connectivity index (χ3n) is 12.3. The van der Waals surface area contributed by atoms with E-state index in [2.05, 4.69) is 74.4 Å². The van der Waals surface area contributed by atoms with Crippen LogP contribution in [0.1, 0.15) is 232 Å². The molecule has 1 heterocycles. The molecule has 3 atom stereocenters. The number of hydrogen-bond acceptors (Lipinski definition) is 3. The topological polar surface area (TPSA) is 21.7 Å². The van der Waals surface area contributed by atoms with Gasteiger partial charge in [0.2, 0.25) is 0 Å². The van der Waals surface area contributed by atoms with Gasteiger partial charge in [0.25, 0.3) is 0 Å². The number of rotatable bonds is 39. The van der Waals surface area contributed by atoms with Gasteiger partial charge in [-0.1, -0.05) is 178 Å². The van der Waals surface area contributed by atoms with E-state index in [0.717, 1.165) is 44.8 Å².